The van der Waals surface area contributed by atoms with Crippen molar-refractivity contribution in [2.75, 3.05) is 31.7 Å². The Bertz CT molecular complexity index is 2540. The molecule has 0 atom stereocenters. The highest BCUT2D eigenvalue weighted by atomic mass is 32.2. The van der Waals surface area contributed by atoms with E-state index < -0.39 is 17.3 Å². The molecule has 0 saturated heterocycles. The van der Waals surface area contributed by atoms with Crippen molar-refractivity contribution >= 4 is 72.8 Å². The van der Waals surface area contributed by atoms with Crippen molar-refractivity contribution in [1.29, 1.82) is 0 Å². The molecule has 58 heavy (non-hydrogen) atoms. The molecular formula is C51H55BN2O2PS+. The van der Waals surface area contributed by atoms with Crippen LogP contribution in [0, 0.1) is 41.5 Å². The lowest BCUT2D eigenvalue weighted by molar-refractivity contribution is 0.582. The molecule has 7 aromatic rings. The van der Waals surface area contributed by atoms with Crippen LogP contribution in [-0.2, 0) is 10.0 Å². The van der Waals surface area contributed by atoms with Gasteiger partial charge in [0.25, 0.3) is 0 Å². The van der Waals surface area contributed by atoms with Gasteiger partial charge in [0.2, 0.25) is 16.7 Å². The number of anilines is 1. The minimum absolute atomic E-state index is 0.0775. The monoisotopic (exact) mass is 801 g/mol. The lowest BCUT2D eigenvalue weighted by atomic mass is 9.34. The van der Waals surface area contributed by atoms with Crippen LogP contribution in [0.2, 0.25) is 0 Å². The molecule has 0 unspecified atom stereocenters. The third-order valence-corrected chi connectivity index (χ3v) is 17.8. The average molecular weight is 802 g/mol. The SMILES string of the molecule is Cc1cc(C)c(B(c2ccc([P+](CCCNS(=O)(=O)c3ccc(N(C)C)c4ccccc34)(c3ccccc3)c3ccccc3)cc2)c2c(C)cc(C)cc2C)c(C)c1. The van der Waals surface area contributed by atoms with Gasteiger partial charge in [-0.15, -0.1) is 0 Å². The van der Waals surface area contributed by atoms with Crippen LogP contribution in [0.5, 0.6) is 0 Å². The molecule has 0 heterocycles. The van der Waals surface area contributed by atoms with Gasteiger partial charge in [-0.05, 0) is 96.5 Å². The maximum Gasteiger partial charge on any atom is 0.242 e. The van der Waals surface area contributed by atoms with Crippen molar-refractivity contribution in [3.8, 4) is 0 Å². The van der Waals surface area contributed by atoms with Gasteiger partial charge in [0, 0.05) is 37.1 Å². The molecule has 0 saturated carbocycles. The second kappa shape index (κ2) is 17.1. The Morgan fingerprint density at radius 3 is 1.48 bits per heavy atom. The van der Waals surface area contributed by atoms with Gasteiger partial charge in [0.1, 0.15) is 23.2 Å². The first-order valence-corrected chi connectivity index (χ1v) is 23.7. The van der Waals surface area contributed by atoms with Gasteiger partial charge in [-0.3, -0.25) is 0 Å². The summed E-state index contributed by atoms with van der Waals surface area (Å²) in [6.07, 6.45) is 1.47. The number of hydrogen-bond donors (Lipinski definition) is 1. The molecule has 0 aliphatic heterocycles. The van der Waals surface area contributed by atoms with E-state index in [9.17, 15) is 8.42 Å². The van der Waals surface area contributed by atoms with E-state index >= 15 is 0 Å². The third-order valence-electron chi connectivity index (χ3n) is 11.7. The molecule has 0 radical (unpaired) electrons. The van der Waals surface area contributed by atoms with Crippen LogP contribution >= 0.6 is 7.26 Å². The number of benzene rings is 7. The van der Waals surface area contributed by atoms with Crippen LogP contribution in [-0.4, -0.2) is 41.9 Å². The summed E-state index contributed by atoms with van der Waals surface area (Å²) in [7, 11) is -2.08. The van der Waals surface area contributed by atoms with Crippen LogP contribution in [0.3, 0.4) is 0 Å². The fraction of sp³-hybridized carbons (Fsp3) is 0.216. The minimum atomic E-state index is -3.78. The van der Waals surface area contributed by atoms with Gasteiger partial charge in [0.05, 0.1) is 11.1 Å². The van der Waals surface area contributed by atoms with Crippen molar-refractivity contribution in [2.45, 2.75) is 52.9 Å². The zero-order valence-corrected chi connectivity index (χ0v) is 36.9. The molecule has 294 valence electrons. The molecule has 0 bridgehead atoms. The lowest BCUT2D eigenvalue weighted by Gasteiger charge is -2.29. The van der Waals surface area contributed by atoms with Gasteiger partial charge >= 0.3 is 0 Å². The van der Waals surface area contributed by atoms with Crippen LogP contribution < -0.4 is 41.9 Å². The molecule has 4 nitrogen and oxygen atoms in total. The predicted molar refractivity (Wildman–Crippen MR) is 254 cm³/mol. The van der Waals surface area contributed by atoms with E-state index in [1.54, 1.807) is 6.07 Å². The summed E-state index contributed by atoms with van der Waals surface area (Å²) in [6, 6.07) is 51.9. The Morgan fingerprint density at radius 2 is 1.00 bits per heavy atom. The Morgan fingerprint density at radius 1 is 0.552 bits per heavy atom. The molecule has 0 amide bonds. The number of sulfonamides is 1. The Hall–Kier alpha value is -5.00. The first kappa shape index (κ1) is 41.2. The van der Waals surface area contributed by atoms with E-state index in [0.717, 1.165) is 22.6 Å². The van der Waals surface area contributed by atoms with E-state index in [4.69, 9.17) is 0 Å². The van der Waals surface area contributed by atoms with E-state index in [1.165, 1.54) is 65.7 Å². The predicted octanol–water partition coefficient (Wildman–Crippen LogP) is 7.94. The summed E-state index contributed by atoms with van der Waals surface area (Å²) in [5.41, 5.74) is 12.8. The Balaban J connectivity index is 1.29. The van der Waals surface area contributed by atoms with Gasteiger partial charge in [0.15, 0.2) is 0 Å². The van der Waals surface area contributed by atoms with Crippen molar-refractivity contribution in [2.24, 2.45) is 0 Å². The highest BCUT2D eigenvalue weighted by Crippen LogP contribution is 2.55. The maximum atomic E-state index is 14.0. The molecule has 0 fully saturated rings. The second-order valence-electron chi connectivity index (χ2n) is 16.1. The van der Waals surface area contributed by atoms with Gasteiger partial charge < -0.3 is 4.90 Å². The van der Waals surface area contributed by atoms with Crippen LogP contribution in [0.4, 0.5) is 5.69 Å². The summed E-state index contributed by atoms with van der Waals surface area (Å²) < 4.78 is 31.0. The highest BCUT2D eigenvalue weighted by Gasteiger charge is 2.45. The van der Waals surface area contributed by atoms with Gasteiger partial charge in [-0.2, -0.15) is 0 Å². The zero-order valence-electron chi connectivity index (χ0n) is 35.2. The zero-order chi connectivity index (χ0) is 41.2. The Labute approximate surface area is 347 Å². The number of aryl methyl sites for hydroxylation is 6. The normalized spacial score (nSPS) is 11.9. The lowest BCUT2D eigenvalue weighted by Crippen LogP contribution is -2.56. The number of hydrogen-bond acceptors (Lipinski definition) is 3. The van der Waals surface area contributed by atoms with Crippen LogP contribution in [0.25, 0.3) is 10.8 Å². The van der Waals surface area contributed by atoms with Crippen molar-refractivity contribution < 1.29 is 8.42 Å². The number of fused-ring (bicyclic) bond motifs is 1. The standard InChI is InChI=1S/C51H55BN2O2PS/c1-36-32-38(3)50(39(4)33-36)52(51-40(5)34-37(2)35-41(51)6)42-24-26-45(27-25-42)57(43-18-11-9-12-19-43,44-20-13-10-14-21-44)31-17-30-53-58(55,56)49-29-28-48(54(7)8)46-22-15-16-23-47(46)49/h9-16,18-29,32-35,53H,17,30-31H2,1-8H3/q+1. The first-order chi connectivity index (χ1) is 27.8. The van der Waals surface area contributed by atoms with Crippen molar-refractivity contribution in [1.82, 2.24) is 4.72 Å². The van der Waals surface area contributed by atoms with Crippen LogP contribution in [0.1, 0.15) is 39.8 Å². The number of rotatable bonds is 13. The largest absolute Gasteiger partial charge is 0.377 e. The number of nitrogens with one attached hydrogen (secondary N) is 1. The molecule has 7 heteroatoms. The van der Waals surface area contributed by atoms with E-state index in [1.807, 2.05) is 49.3 Å². The summed E-state index contributed by atoms with van der Waals surface area (Å²) in [4.78, 5) is 2.33. The fourth-order valence-electron chi connectivity index (χ4n) is 9.37. The average Bonchev–Trinajstić information content (AvgIpc) is 3.20. The van der Waals surface area contributed by atoms with Crippen LogP contribution in [0.15, 0.2) is 150 Å². The number of nitrogens with zero attached hydrogens (tertiary/aromatic N) is 1. The fourth-order valence-corrected chi connectivity index (χ4v) is 15.0. The van der Waals surface area contributed by atoms with Crippen molar-refractivity contribution in [3.05, 3.63) is 179 Å². The van der Waals surface area contributed by atoms with E-state index in [0.29, 0.717) is 17.9 Å². The minimum Gasteiger partial charge on any atom is -0.377 e. The molecule has 0 aromatic heterocycles. The molecule has 0 spiro atoms. The summed E-state index contributed by atoms with van der Waals surface area (Å²) >= 11 is 0. The summed E-state index contributed by atoms with van der Waals surface area (Å²) in [6.45, 7) is 13.8. The molecule has 1 N–H and O–H groups in total. The second-order valence-corrected chi connectivity index (χ2v) is 21.5. The summed E-state index contributed by atoms with van der Waals surface area (Å²) in [5, 5.41) is 5.50. The molecule has 7 rings (SSSR count). The molecule has 0 aliphatic rings. The first-order valence-electron chi connectivity index (χ1n) is 20.3. The topological polar surface area (TPSA) is 49.4 Å². The molecule has 7 aromatic carbocycles. The third kappa shape index (κ3) is 8.03. The molecular weight excluding hydrogens is 746 g/mol. The Kier molecular flexibility index (Phi) is 12.1. The van der Waals surface area contributed by atoms with Crippen molar-refractivity contribution in [3.63, 3.8) is 0 Å². The van der Waals surface area contributed by atoms with E-state index in [-0.39, 0.29) is 6.71 Å². The molecule has 0 aliphatic carbocycles. The van der Waals surface area contributed by atoms with Gasteiger partial charge in [-0.25, -0.2) is 13.1 Å². The maximum absolute atomic E-state index is 14.0. The highest BCUT2D eigenvalue weighted by molar-refractivity contribution is 7.95. The quantitative estimate of drug-likeness (QED) is 0.0733. The summed E-state index contributed by atoms with van der Waals surface area (Å²) in [5.74, 6) is 0. The van der Waals surface area contributed by atoms with E-state index in [2.05, 4.69) is 155 Å². The van der Waals surface area contributed by atoms with Gasteiger partial charge in [-0.1, -0.05) is 147 Å². The smallest absolute Gasteiger partial charge is 0.242 e.